The molecule has 0 fully saturated rings. The number of anilines is 1. The number of nitrogens with one attached hydrogen (secondary N) is 2. The highest BCUT2D eigenvalue weighted by Gasteiger charge is 2.20. The van der Waals surface area contributed by atoms with Crippen LogP contribution in [0.5, 0.6) is 5.75 Å². The lowest BCUT2D eigenvalue weighted by molar-refractivity contribution is -0.115. The van der Waals surface area contributed by atoms with Gasteiger partial charge >= 0.3 is 0 Å². The van der Waals surface area contributed by atoms with Crippen molar-refractivity contribution in [1.82, 2.24) is 9.62 Å². The van der Waals surface area contributed by atoms with Crippen molar-refractivity contribution in [3.8, 4) is 5.75 Å². The van der Waals surface area contributed by atoms with Crippen molar-refractivity contribution in [3.63, 3.8) is 0 Å². The first kappa shape index (κ1) is 20.0. The van der Waals surface area contributed by atoms with Crippen molar-refractivity contribution >= 4 is 21.6 Å². The van der Waals surface area contributed by atoms with E-state index in [0.29, 0.717) is 5.75 Å². The van der Waals surface area contributed by atoms with E-state index in [0.717, 1.165) is 10.1 Å². The summed E-state index contributed by atoms with van der Waals surface area (Å²) in [7, 11) is 0.714. The second kappa shape index (κ2) is 8.35. The van der Waals surface area contributed by atoms with Gasteiger partial charge in [-0.3, -0.25) is 10.1 Å². The van der Waals surface area contributed by atoms with Crippen LogP contribution in [0.4, 0.5) is 5.69 Å². The van der Waals surface area contributed by atoms with Crippen LogP contribution in [0.15, 0.2) is 45.9 Å². The van der Waals surface area contributed by atoms with E-state index in [1.807, 2.05) is 13.0 Å². The zero-order valence-corrected chi connectivity index (χ0v) is 16.0. The van der Waals surface area contributed by atoms with Gasteiger partial charge in [-0.2, -0.15) is 0 Å². The zero-order valence-electron chi connectivity index (χ0n) is 15.1. The summed E-state index contributed by atoms with van der Waals surface area (Å²) in [4.78, 5) is 12.3. The second-order valence-electron chi connectivity index (χ2n) is 5.82. The number of carbonyl (C=O) groups excluding carboxylic acids is 1. The molecule has 0 unspecified atom stereocenters. The Kier molecular flexibility index (Phi) is 6.41. The summed E-state index contributed by atoms with van der Waals surface area (Å²) < 4.78 is 36.1. The third kappa shape index (κ3) is 4.63. The van der Waals surface area contributed by atoms with Gasteiger partial charge in [-0.15, -0.1) is 0 Å². The number of methoxy groups -OCH3 is 1. The average molecular weight is 381 g/mol. The lowest BCUT2D eigenvalue weighted by atomic mass is 10.2. The molecular formula is C17H23N3O5S. The van der Waals surface area contributed by atoms with Gasteiger partial charge in [0.1, 0.15) is 11.5 Å². The van der Waals surface area contributed by atoms with Crippen molar-refractivity contribution in [2.24, 2.45) is 0 Å². The molecule has 142 valence electrons. The number of benzene rings is 1. The maximum Gasteiger partial charge on any atom is 0.242 e. The Morgan fingerprint density at radius 3 is 2.62 bits per heavy atom. The first-order chi connectivity index (χ1) is 12.3. The van der Waals surface area contributed by atoms with Gasteiger partial charge in [0, 0.05) is 14.1 Å². The lowest BCUT2D eigenvalue weighted by Gasteiger charge is -2.16. The Morgan fingerprint density at radius 2 is 2.04 bits per heavy atom. The highest BCUT2D eigenvalue weighted by molar-refractivity contribution is 7.89. The maximum absolute atomic E-state index is 12.3. The number of sulfonamides is 1. The summed E-state index contributed by atoms with van der Waals surface area (Å²) >= 11 is 0. The minimum Gasteiger partial charge on any atom is -0.495 e. The first-order valence-corrected chi connectivity index (χ1v) is 9.37. The number of hydrogen-bond donors (Lipinski definition) is 2. The van der Waals surface area contributed by atoms with Gasteiger partial charge < -0.3 is 14.5 Å². The van der Waals surface area contributed by atoms with E-state index in [1.54, 1.807) is 12.3 Å². The summed E-state index contributed by atoms with van der Waals surface area (Å²) in [6.45, 7) is 1.90. The van der Waals surface area contributed by atoms with Gasteiger partial charge in [-0.1, -0.05) is 0 Å². The van der Waals surface area contributed by atoms with Crippen LogP contribution in [-0.4, -0.2) is 46.4 Å². The smallest absolute Gasteiger partial charge is 0.242 e. The fourth-order valence-corrected chi connectivity index (χ4v) is 3.16. The van der Waals surface area contributed by atoms with E-state index in [4.69, 9.17) is 9.15 Å². The monoisotopic (exact) mass is 381 g/mol. The summed E-state index contributed by atoms with van der Waals surface area (Å²) in [5.74, 6) is 0.755. The quantitative estimate of drug-likeness (QED) is 0.723. The molecule has 9 heteroatoms. The number of hydrogen-bond acceptors (Lipinski definition) is 6. The van der Waals surface area contributed by atoms with E-state index >= 15 is 0 Å². The molecule has 1 heterocycles. The van der Waals surface area contributed by atoms with Gasteiger partial charge in [0.05, 0.1) is 36.5 Å². The van der Waals surface area contributed by atoms with E-state index in [-0.39, 0.29) is 29.1 Å². The Hall–Kier alpha value is -2.36. The Bertz CT molecular complexity index is 847. The molecule has 0 saturated carbocycles. The van der Waals surface area contributed by atoms with Crippen LogP contribution in [0.2, 0.25) is 0 Å². The summed E-state index contributed by atoms with van der Waals surface area (Å²) in [6.07, 6.45) is 1.56. The van der Waals surface area contributed by atoms with Crippen molar-refractivity contribution in [1.29, 1.82) is 0 Å². The molecule has 0 aliphatic heterocycles. The Balaban J connectivity index is 2.10. The minimum absolute atomic E-state index is 0.0235. The fraction of sp³-hybridized carbons (Fsp3) is 0.353. The molecule has 2 N–H and O–H groups in total. The molecule has 0 aliphatic carbocycles. The molecule has 1 atom stereocenters. The molecule has 0 saturated heterocycles. The molecular weight excluding hydrogens is 358 g/mol. The number of amides is 1. The normalized spacial score (nSPS) is 12.8. The molecule has 26 heavy (non-hydrogen) atoms. The van der Waals surface area contributed by atoms with Crippen molar-refractivity contribution in [2.75, 3.05) is 33.1 Å². The number of ether oxygens (including phenoxy) is 1. The van der Waals surface area contributed by atoms with Gasteiger partial charge in [0.25, 0.3) is 0 Å². The van der Waals surface area contributed by atoms with Crippen LogP contribution in [0, 0.1) is 0 Å². The van der Waals surface area contributed by atoms with Gasteiger partial charge in [-0.25, -0.2) is 12.7 Å². The van der Waals surface area contributed by atoms with Gasteiger partial charge in [-0.05, 0) is 37.3 Å². The van der Waals surface area contributed by atoms with Crippen LogP contribution in [0.25, 0.3) is 0 Å². The van der Waals surface area contributed by atoms with Crippen molar-refractivity contribution < 1.29 is 22.4 Å². The van der Waals surface area contributed by atoms with Crippen LogP contribution >= 0.6 is 0 Å². The molecule has 0 bridgehead atoms. The van der Waals surface area contributed by atoms with Gasteiger partial charge in [0.15, 0.2) is 0 Å². The topological polar surface area (TPSA) is 101 Å². The summed E-state index contributed by atoms with van der Waals surface area (Å²) in [5.41, 5.74) is 0.285. The van der Waals surface area contributed by atoms with E-state index in [1.165, 1.54) is 39.4 Å². The second-order valence-corrected chi connectivity index (χ2v) is 7.97. The lowest BCUT2D eigenvalue weighted by Crippen LogP contribution is -2.30. The van der Waals surface area contributed by atoms with Crippen LogP contribution in [0.1, 0.15) is 18.7 Å². The minimum atomic E-state index is -3.62. The van der Waals surface area contributed by atoms with Crippen LogP contribution < -0.4 is 15.4 Å². The maximum atomic E-state index is 12.3. The third-order valence-corrected chi connectivity index (χ3v) is 5.57. The zero-order chi connectivity index (χ0) is 19.3. The predicted octanol–water partition coefficient (Wildman–Crippen LogP) is 1.83. The molecule has 1 amide bonds. The number of rotatable bonds is 8. The average Bonchev–Trinajstić information content (AvgIpc) is 3.14. The molecule has 1 aromatic heterocycles. The SMILES string of the molecule is COc1ccc(S(=O)(=O)N(C)C)cc1NC(=O)CN[C@@H](C)c1ccco1. The van der Waals surface area contributed by atoms with Crippen molar-refractivity contribution in [3.05, 3.63) is 42.4 Å². The standard InChI is InChI=1S/C17H23N3O5S/c1-12(15-6-5-9-25-15)18-11-17(21)19-14-10-13(7-8-16(14)24-4)26(22,23)20(2)3/h5-10,12,18H,11H2,1-4H3,(H,19,21)/t12-/m0/s1. The number of nitrogens with zero attached hydrogens (tertiary/aromatic N) is 1. The van der Waals surface area contributed by atoms with E-state index < -0.39 is 10.0 Å². The van der Waals surface area contributed by atoms with Crippen molar-refractivity contribution in [2.45, 2.75) is 17.9 Å². The summed E-state index contributed by atoms with van der Waals surface area (Å²) in [5, 5.41) is 5.71. The first-order valence-electron chi connectivity index (χ1n) is 7.93. The third-order valence-electron chi connectivity index (χ3n) is 3.76. The Labute approximate surface area is 153 Å². The van der Waals surface area contributed by atoms with Gasteiger partial charge in [0.2, 0.25) is 15.9 Å². The number of furan rings is 1. The highest BCUT2D eigenvalue weighted by Crippen LogP contribution is 2.28. The van der Waals surface area contributed by atoms with Crippen LogP contribution in [-0.2, 0) is 14.8 Å². The largest absolute Gasteiger partial charge is 0.495 e. The molecule has 1 aromatic carbocycles. The highest BCUT2D eigenvalue weighted by atomic mass is 32.2. The molecule has 2 aromatic rings. The fourth-order valence-electron chi connectivity index (χ4n) is 2.23. The van der Waals surface area contributed by atoms with Crippen LogP contribution in [0.3, 0.4) is 0 Å². The molecule has 0 aliphatic rings. The summed E-state index contributed by atoms with van der Waals surface area (Å²) in [6, 6.07) is 7.76. The Morgan fingerprint density at radius 1 is 1.31 bits per heavy atom. The van der Waals surface area contributed by atoms with E-state index in [2.05, 4.69) is 10.6 Å². The van der Waals surface area contributed by atoms with E-state index in [9.17, 15) is 13.2 Å². The molecule has 0 radical (unpaired) electrons. The molecule has 0 spiro atoms. The predicted molar refractivity (Wildman–Crippen MR) is 97.6 cm³/mol. The molecule has 8 nitrogen and oxygen atoms in total. The number of carbonyl (C=O) groups is 1. The molecule has 2 rings (SSSR count).